The summed E-state index contributed by atoms with van der Waals surface area (Å²) in [7, 11) is 0. The second-order valence-corrected chi connectivity index (χ2v) is 7.87. The zero-order valence-corrected chi connectivity index (χ0v) is 14.6. The van der Waals surface area contributed by atoms with Crippen LogP contribution in [0.25, 0.3) is 0 Å². The first kappa shape index (κ1) is 18.1. The van der Waals surface area contributed by atoms with Gasteiger partial charge in [0.05, 0.1) is 16.0 Å². The predicted octanol–water partition coefficient (Wildman–Crippen LogP) is 3.84. The lowest BCUT2D eigenvalue weighted by atomic mass is 9.72. The third kappa shape index (κ3) is 5.40. The summed E-state index contributed by atoms with van der Waals surface area (Å²) >= 11 is 12.3. The Labute approximate surface area is 136 Å². The fourth-order valence-corrected chi connectivity index (χ4v) is 3.24. The van der Waals surface area contributed by atoms with Gasteiger partial charge in [-0.05, 0) is 34.9 Å². The minimum absolute atomic E-state index is 0.113. The summed E-state index contributed by atoms with van der Waals surface area (Å²) in [5.41, 5.74) is 1.04. The summed E-state index contributed by atoms with van der Waals surface area (Å²) in [5.74, 6) is -1.14. The van der Waals surface area contributed by atoms with Crippen molar-refractivity contribution in [3.63, 3.8) is 0 Å². The highest BCUT2D eigenvalue weighted by Gasteiger charge is 2.28. The minimum atomic E-state index is -1.32. The third-order valence-corrected chi connectivity index (χ3v) is 3.65. The lowest BCUT2D eigenvalue weighted by molar-refractivity contribution is -0.307. The van der Waals surface area contributed by atoms with Crippen molar-refractivity contribution in [2.75, 3.05) is 6.61 Å². The molecule has 5 heteroatoms. The number of benzene rings is 1. The number of carboxylic acid groups (broad SMARTS) is 1. The number of hydrogen-bond donors (Lipinski definition) is 0. The van der Waals surface area contributed by atoms with Gasteiger partial charge >= 0.3 is 0 Å². The Bertz CT molecular complexity index is 508. The average molecular weight is 332 g/mol. The van der Waals surface area contributed by atoms with Crippen LogP contribution >= 0.6 is 23.2 Å². The van der Waals surface area contributed by atoms with Gasteiger partial charge in [0.2, 0.25) is 0 Å². The van der Waals surface area contributed by atoms with Gasteiger partial charge in [-0.1, -0.05) is 57.8 Å². The zero-order valence-electron chi connectivity index (χ0n) is 13.0. The molecule has 0 aliphatic rings. The van der Waals surface area contributed by atoms with Crippen molar-refractivity contribution >= 4 is 29.2 Å². The Morgan fingerprint density at radius 2 is 1.62 bits per heavy atom. The molecule has 0 heterocycles. The van der Waals surface area contributed by atoms with Crippen molar-refractivity contribution in [3.8, 4) is 5.75 Å². The Balaban J connectivity index is 3.10. The number of carbonyl (C=O) groups is 1. The number of rotatable bonds is 5. The van der Waals surface area contributed by atoms with Crippen LogP contribution in [0, 0.1) is 5.41 Å². The van der Waals surface area contributed by atoms with E-state index < -0.39 is 12.6 Å². The van der Waals surface area contributed by atoms with E-state index in [0.29, 0.717) is 10.0 Å². The van der Waals surface area contributed by atoms with Crippen LogP contribution in [0.5, 0.6) is 5.75 Å². The minimum Gasteiger partial charge on any atom is -0.546 e. The van der Waals surface area contributed by atoms with Crippen LogP contribution in [0.15, 0.2) is 12.1 Å². The normalized spacial score (nSPS) is 12.3. The van der Waals surface area contributed by atoms with Crippen LogP contribution in [-0.2, 0) is 10.2 Å². The van der Waals surface area contributed by atoms with Crippen LogP contribution in [0.1, 0.15) is 46.6 Å². The highest BCUT2D eigenvalue weighted by Crippen LogP contribution is 2.41. The fraction of sp³-hybridized carbons (Fsp3) is 0.562. The van der Waals surface area contributed by atoms with E-state index in [1.54, 1.807) is 12.1 Å². The van der Waals surface area contributed by atoms with E-state index >= 15 is 0 Å². The van der Waals surface area contributed by atoms with Gasteiger partial charge in [0.25, 0.3) is 0 Å². The molecular formula is C16H21Cl2O3-. The lowest BCUT2D eigenvalue weighted by Crippen LogP contribution is -2.29. The summed E-state index contributed by atoms with van der Waals surface area (Å²) in [6, 6.07) is 3.56. The Morgan fingerprint density at radius 3 is 2.00 bits per heavy atom. The molecule has 21 heavy (non-hydrogen) atoms. The fourth-order valence-electron chi connectivity index (χ4n) is 2.65. The van der Waals surface area contributed by atoms with Crippen molar-refractivity contribution in [1.29, 1.82) is 0 Å². The van der Waals surface area contributed by atoms with E-state index in [2.05, 4.69) is 34.6 Å². The molecule has 0 saturated heterocycles. The molecule has 0 fully saturated rings. The standard InChI is InChI=1S/C16H22Cl2O3/c1-15(2,3)9-16(4,5)10-6-11(17)14(12(18)7-10)21-8-13(19)20/h6-7H,8-9H2,1-5H3,(H,19,20)/p-1. The molecule has 0 amide bonds. The molecule has 0 saturated carbocycles. The molecule has 0 bridgehead atoms. The SMILES string of the molecule is CC(C)(C)CC(C)(C)c1cc(Cl)c(OCC(=O)[O-])c(Cl)c1. The van der Waals surface area contributed by atoms with Gasteiger partial charge in [0.1, 0.15) is 6.61 Å². The van der Waals surface area contributed by atoms with E-state index in [1.807, 2.05) is 0 Å². The molecule has 0 aromatic heterocycles. The number of hydrogen-bond acceptors (Lipinski definition) is 3. The number of carbonyl (C=O) groups excluding carboxylic acids is 1. The smallest absolute Gasteiger partial charge is 0.157 e. The molecule has 0 radical (unpaired) electrons. The Hall–Kier alpha value is -0.930. The van der Waals surface area contributed by atoms with Crippen molar-refractivity contribution in [2.24, 2.45) is 5.41 Å². The lowest BCUT2D eigenvalue weighted by Gasteiger charge is -2.33. The molecule has 0 aliphatic heterocycles. The molecule has 118 valence electrons. The second-order valence-electron chi connectivity index (χ2n) is 7.05. The quantitative estimate of drug-likeness (QED) is 0.823. The zero-order chi connectivity index (χ0) is 16.4. The average Bonchev–Trinajstić information content (AvgIpc) is 2.23. The topological polar surface area (TPSA) is 49.4 Å². The predicted molar refractivity (Wildman–Crippen MR) is 84.1 cm³/mol. The molecule has 0 N–H and O–H groups in total. The first-order valence-corrected chi connectivity index (χ1v) is 7.50. The summed E-state index contributed by atoms with van der Waals surface area (Å²) < 4.78 is 5.07. The van der Waals surface area contributed by atoms with Crippen molar-refractivity contribution in [2.45, 2.75) is 46.5 Å². The highest BCUT2D eigenvalue weighted by molar-refractivity contribution is 6.37. The van der Waals surface area contributed by atoms with E-state index in [1.165, 1.54) is 0 Å². The molecule has 1 aromatic rings. The van der Waals surface area contributed by atoms with Crippen molar-refractivity contribution in [3.05, 3.63) is 27.7 Å². The van der Waals surface area contributed by atoms with Gasteiger partial charge in [-0.2, -0.15) is 0 Å². The highest BCUT2D eigenvalue weighted by atomic mass is 35.5. The molecule has 0 aliphatic carbocycles. The van der Waals surface area contributed by atoms with Crippen molar-refractivity contribution < 1.29 is 14.6 Å². The molecule has 1 aromatic carbocycles. The summed E-state index contributed by atoms with van der Waals surface area (Å²) in [5, 5.41) is 11.1. The maximum atomic E-state index is 10.5. The summed E-state index contributed by atoms with van der Waals surface area (Å²) in [4.78, 5) is 10.5. The van der Waals surface area contributed by atoms with Crippen molar-refractivity contribution in [1.82, 2.24) is 0 Å². The molecule has 1 rings (SSSR count). The van der Waals surface area contributed by atoms with E-state index in [9.17, 15) is 9.90 Å². The maximum Gasteiger partial charge on any atom is 0.157 e. The molecular weight excluding hydrogens is 311 g/mol. The Kier molecular flexibility index (Phi) is 5.57. The molecule has 0 spiro atoms. The van der Waals surface area contributed by atoms with Crippen LogP contribution < -0.4 is 9.84 Å². The molecule has 3 nitrogen and oxygen atoms in total. The molecule has 0 atom stereocenters. The van der Waals surface area contributed by atoms with Gasteiger partial charge in [-0.3, -0.25) is 0 Å². The van der Waals surface area contributed by atoms with Gasteiger partial charge in [-0.15, -0.1) is 0 Å². The van der Waals surface area contributed by atoms with Gasteiger partial charge < -0.3 is 14.6 Å². The van der Waals surface area contributed by atoms with Crippen LogP contribution in [0.3, 0.4) is 0 Å². The molecule has 0 unspecified atom stereocenters. The van der Waals surface area contributed by atoms with Crippen LogP contribution in [-0.4, -0.2) is 12.6 Å². The monoisotopic (exact) mass is 331 g/mol. The second kappa shape index (κ2) is 6.45. The van der Waals surface area contributed by atoms with Gasteiger partial charge in [-0.25, -0.2) is 0 Å². The van der Waals surface area contributed by atoms with Crippen LogP contribution in [0.2, 0.25) is 10.0 Å². The largest absolute Gasteiger partial charge is 0.546 e. The van der Waals surface area contributed by atoms with E-state index in [4.69, 9.17) is 27.9 Å². The van der Waals surface area contributed by atoms with E-state index in [0.717, 1.165) is 12.0 Å². The maximum absolute atomic E-state index is 10.5. The number of aliphatic carboxylic acids is 1. The summed E-state index contributed by atoms with van der Waals surface area (Å²) in [6.07, 6.45) is 0.950. The first-order chi connectivity index (χ1) is 9.42. The van der Waals surface area contributed by atoms with E-state index in [-0.39, 0.29) is 16.6 Å². The number of ether oxygens (including phenoxy) is 1. The number of carboxylic acids is 1. The van der Waals surface area contributed by atoms with Gasteiger partial charge in [0, 0.05) is 0 Å². The Morgan fingerprint density at radius 1 is 1.14 bits per heavy atom. The first-order valence-electron chi connectivity index (χ1n) is 6.74. The third-order valence-electron chi connectivity index (χ3n) is 3.09. The van der Waals surface area contributed by atoms with Crippen LogP contribution in [0.4, 0.5) is 0 Å². The van der Waals surface area contributed by atoms with Gasteiger partial charge in [0.15, 0.2) is 5.75 Å². The summed E-state index contributed by atoms with van der Waals surface area (Å²) in [6.45, 7) is 10.2. The number of halogens is 2.